The highest BCUT2D eigenvalue weighted by atomic mass is 16.5. The molecule has 28 heavy (non-hydrogen) atoms. The first kappa shape index (κ1) is 18.0. The van der Waals surface area contributed by atoms with E-state index < -0.39 is 11.3 Å². The summed E-state index contributed by atoms with van der Waals surface area (Å²) in [5.74, 6) is 0.612. The minimum Gasteiger partial charge on any atom is -0.490 e. The molecule has 3 aromatic rings. The number of aryl methyl sites for hydroxylation is 1. The fourth-order valence-corrected chi connectivity index (χ4v) is 3.39. The van der Waals surface area contributed by atoms with Crippen molar-refractivity contribution in [1.82, 2.24) is 4.90 Å². The zero-order chi connectivity index (χ0) is 19.7. The van der Waals surface area contributed by atoms with Crippen LogP contribution in [0.1, 0.15) is 29.0 Å². The second-order valence-corrected chi connectivity index (χ2v) is 6.82. The van der Waals surface area contributed by atoms with Gasteiger partial charge in [0.05, 0.1) is 6.07 Å². The minimum atomic E-state index is -0.631. The van der Waals surface area contributed by atoms with E-state index in [1.807, 2.05) is 6.07 Å². The highest BCUT2D eigenvalue weighted by molar-refractivity contribution is 5.96. The molecular weight excluding hydrogens is 362 g/mol. The molecule has 0 unspecified atom stereocenters. The Bertz CT molecular complexity index is 1140. The Morgan fingerprint density at radius 2 is 1.82 bits per heavy atom. The fourth-order valence-electron chi connectivity index (χ4n) is 3.39. The van der Waals surface area contributed by atoms with Crippen LogP contribution in [0.5, 0.6) is 5.75 Å². The number of piperidine rings is 1. The average Bonchev–Trinajstić information content (AvgIpc) is 2.67. The number of rotatable bonds is 3. The summed E-state index contributed by atoms with van der Waals surface area (Å²) >= 11 is 0. The van der Waals surface area contributed by atoms with Crippen molar-refractivity contribution in [1.29, 1.82) is 0 Å². The van der Waals surface area contributed by atoms with E-state index in [1.54, 1.807) is 42.2 Å². The Kier molecular flexibility index (Phi) is 4.73. The molecule has 0 radical (unpaired) electrons. The highest BCUT2D eigenvalue weighted by Gasteiger charge is 2.27. The van der Waals surface area contributed by atoms with Crippen LogP contribution >= 0.6 is 0 Å². The van der Waals surface area contributed by atoms with Gasteiger partial charge in [-0.3, -0.25) is 4.79 Å². The lowest BCUT2D eigenvalue weighted by atomic mass is 10.1. The normalized spacial score (nSPS) is 15.0. The summed E-state index contributed by atoms with van der Waals surface area (Å²) in [5, 5.41) is 0.710. The standard InChI is InChI=1S/C21H19NO6/c1-13-10-16(12-19(23)26-13)27-15-6-8-22(9-7-15)20(24)17-11-14-4-2-3-5-18(14)28-21(17)25/h2-5,10-12,15H,6-9H2,1H3. The zero-order valence-electron chi connectivity index (χ0n) is 15.3. The maximum absolute atomic E-state index is 12.8. The van der Waals surface area contributed by atoms with Gasteiger partial charge in [-0.05, 0) is 19.1 Å². The molecule has 2 aromatic heterocycles. The monoisotopic (exact) mass is 381 g/mol. The Labute approximate surface area is 160 Å². The lowest BCUT2D eigenvalue weighted by Crippen LogP contribution is -2.43. The van der Waals surface area contributed by atoms with E-state index in [0.717, 1.165) is 0 Å². The topological polar surface area (TPSA) is 90.0 Å². The third-order valence-corrected chi connectivity index (χ3v) is 4.77. The number of carbonyl (C=O) groups is 1. The predicted molar refractivity (Wildman–Crippen MR) is 102 cm³/mol. The number of carbonyl (C=O) groups excluding carboxylic acids is 1. The van der Waals surface area contributed by atoms with Gasteiger partial charge in [0.25, 0.3) is 5.91 Å². The molecule has 1 fully saturated rings. The van der Waals surface area contributed by atoms with Gasteiger partial charge >= 0.3 is 11.3 Å². The summed E-state index contributed by atoms with van der Waals surface area (Å²) < 4.78 is 16.0. The largest absolute Gasteiger partial charge is 0.490 e. The maximum Gasteiger partial charge on any atom is 0.349 e. The van der Waals surface area contributed by atoms with Crippen molar-refractivity contribution in [3.63, 3.8) is 0 Å². The number of hydrogen-bond donors (Lipinski definition) is 0. The van der Waals surface area contributed by atoms with E-state index in [2.05, 4.69) is 0 Å². The first-order valence-corrected chi connectivity index (χ1v) is 9.10. The predicted octanol–water partition coefficient (Wildman–Crippen LogP) is 2.74. The van der Waals surface area contributed by atoms with Crippen LogP contribution in [-0.2, 0) is 0 Å². The maximum atomic E-state index is 12.8. The number of ether oxygens (including phenoxy) is 1. The molecule has 144 valence electrons. The number of amides is 1. The Morgan fingerprint density at radius 1 is 1.07 bits per heavy atom. The van der Waals surface area contributed by atoms with Gasteiger partial charge in [0.2, 0.25) is 0 Å². The molecular formula is C21H19NO6. The van der Waals surface area contributed by atoms with Crippen molar-refractivity contribution < 1.29 is 18.4 Å². The van der Waals surface area contributed by atoms with Crippen molar-refractivity contribution in [2.45, 2.75) is 25.9 Å². The molecule has 0 atom stereocenters. The van der Waals surface area contributed by atoms with Crippen LogP contribution in [0.15, 0.2) is 60.9 Å². The Morgan fingerprint density at radius 3 is 2.57 bits per heavy atom. The highest BCUT2D eigenvalue weighted by Crippen LogP contribution is 2.20. The molecule has 0 aliphatic carbocycles. The number of para-hydroxylation sites is 1. The molecule has 4 rings (SSSR count). The van der Waals surface area contributed by atoms with E-state index in [4.69, 9.17) is 13.6 Å². The number of hydrogen-bond acceptors (Lipinski definition) is 6. The molecule has 1 saturated heterocycles. The van der Waals surface area contributed by atoms with E-state index in [1.165, 1.54) is 6.07 Å². The number of benzene rings is 1. The van der Waals surface area contributed by atoms with Gasteiger partial charge in [0, 0.05) is 37.4 Å². The molecule has 1 aromatic carbocycles. The average molecular weight is 381 g/mol. The molecule has 1 aliphatic heterocycles. The molecule has 7 heteroatoms. The van der Waals surface area contributed by atoms with Gasteiger partial charge in [-0.2, -0.15) is 0 Å². The van der Waals surface area contributed by atoms with Crippen LogP contribution in [0.3, 0.4) is 0 Å². The molecule has 0 bridgehead atoms. The third-order valence-electron chi connectivity index (χ3n) is 4.77. The lowest BCUT2D eigenvalue weighted by Gasteiger charge is -2.32. The summed E-state index contributed by atoms with van der Waals surface area (Å²) in [4.78, 5) is 38.1. The number of fused-ring (bicyclic) bond motifs is 1. The smallest absolute Gasteiger partial charge is 0.349 e. The van der Waals surface area contributed by atoms with E-state index in [0.29, 0.717) is 48.4 Å². The molecule has 0 saturated carbocycles. The zero-order valence-corrected chi connectivity index (χ0v) is 15.3. The van der Waals surface area contributed by atoms with Gasteiger partial charge in [0.15, 0.2) is 0 Å². The Balaban J connectivity index is 1.45. The van der Waals surface area contributed by atoms with Crippen LogP contribution in [0.4, 0.5) is 0 Å². The summed E-state index contributed by atoms with van der Waals surface area (Å²) in [6.07, 6.45) is 1.09. The van der Waals surface area contributed by atoms with Crippen molar-refractivity contribution in [3.05, 3.63) is 74.6 Å². The van der Waals surface area contributed by atoms with Gasteiger partial charge in [-0.25, -0.2) is 9.59 Å². The van der Waals surface area contributed by atoms with Gasteiger partial charge in [-0.1, -0.05) is 18.2 Å². The van der Waals surface area contributed by atoms with Crippen molar-refractivity contribution in [2.24, 2.45) is 0 Å². The molecule has 3 heterocycles. The third kappa shape index (κ3) is 3.69. The van der Waals surface area contributed by atoms with E-state index in [9.17, 15) is 14.4 Å². The quantitative estimate of drug-likeness (QED) is 0.648. The summed E-state index contributed by atoms with van der Waals surface area (Å²) in [6, 6.07) is 11.6. The van der Waals surface area contributed by atoms with Gasteiger partial charge in [0.1, 0.15) is 28.8 Å². The van der Waals surface area contributed by atoms with Crippen LogP contribution in [0.2, 0.25) is 0 Å². The fraction of sp³-hybridized carbons (Fsp3) is 0.286. The second kappa shape index (κ2) is 7.34. The molecule has 0 spiro atoms. The van der Waals surface area contributed by atoms with Crippen molar-refractivity contribution in [2.75, 3.05) is 13.1 Å². The van der Waals surface area contributed by atoms with Crippen molar-refractivity contribution in [3.8, 4) is 5.75 Å². The molecule has 1 aliphatic rings. The first-order chi connectivity index (χ1) is 13.5. The van der Waals surface area contributed by atoms with Crippen LogP contribution in [-0.4, -0.2) is 30.0 Å². The van der Waals surface area contributed by atoms with Crippen LogP contribution < -0.4 is 16.0 Å². The Hall–Kier alpha value is -3.35. The first-order valence-electron chi connectivity index (χ1n) is 9.10. The molecule has 7 nitrogen and oxygen atoms in total. The van der Waals surface area contributed by atoms with E-state index >= 15 is 0 Å². The van der Waals surface area contributed by atoms with Crippen molar-refractivity contribution >= 4 is 16.9 Å². The molecule has 0 N–H and O–H groups in total. The van der Waals surface area contributed by atoms with E-state index in [-0.39, 0.29) is 17.6 Å². The molecule has 1 amide bonds. The van der Waals surface area contributed by atoms with Gasteiger partial charge < -0.3 is 18.5 Å². The van der Waals surface area contributed by atoms with Crippen LogP contribution in [0.25, 0.3) is 11.0 Å². The van der Waals surface area contributed by atoms with Crippen LogP contribution in [0, 0.1) is 6.92 Å². The summed E-state index contributed by atoms with van der Waals surface area (Å²) in [6.45, 7) is 2.59. The summed E-state index contributed by atoms with van der Waals surface area (Å²) in [7, 11) is 0. The number of nitrogens with zero attached hydrogens (tertiary/aromatic N) is 1. The lowest BCUT2D eigenvalue weighted by molar-refractivity contribution is 0.0591. The number of likely N-dealkylation sites (tertiary alicyclic amines) is 1. The van der Waals surface area contributed by atoms with Gasteiger partial charge in [-0.15, -0.1) is 0 Å². The summed E-state index contributed by atoms with van der Waals surface area (Å²) in [5.41, 5.74) is -0.590. The SMILES string of the molecule is Cc1cc(OC2CCN(C(=O)c3cc4ccccc4oc3=O)CC2)cc(=O)o1. The minimum absolute atomic E-state index is 0.0364. The second-order valence-electron chi connectivity index (χ2n) is 6.82.